The van der Waals surface area contributed by atoms with Crippen LogP contribution in [0.5, 0.6) is 0 Å². The van der Waals surface area contributed by atoms with Crippen LogP contribution in [0, 0.1) is 20.2 Å². The van der Waals surface area contributed by atoms with E-state index in [0.717, 1.165) is 16.8 Å². The summed E-state index contributed by atoms with van der Waals surface area (Å²) in [5, 5.41) is 22.0. The summed E-state index contributed by atoms with van der Waals surface area (Å²) in [7, 11) is 0. The molecule has 4 aromatic rings. The topological polar surface area (TPSA) is 89.5 Å². The Hall–Kier alpha value is -4.52. The maximum absolute atomic E-state index is 11.0. The first-order chi connectivity index (χ1) is 15.0. The highest BCUT2D eigenvalue weighted by molar-refractivity contribution is 5.79. The lowest BCUT2D eigenvalue weighted by Crippen LogP contribution is -2.10. The van der Waals surface area contributed by atoms with E-state index in [2.05, 4.69) is 0 Å². The van der Waals surface area contributed by atoms with Gasteiger partial charge in [0, 0.05) is 41.3 Å². The highest BCUT2D eigenvalue weighted by Gasteiger charge is 2.16. The molecule has 0 amide bonds. The fourth-order valence-electron chi connectivity index (χ4n) is 3.33. The minimum absolute atomic E-state index is 0.00757. The Morgan fingerprint density at radius 2 is 0.839 bits per heavy atom. The van der Waals surface area contributed by atoms with E-state index >= 15 is 0 Å². The van der Waals surface area contributed by atoms with Gasteiger partial charge >= 0.3 is 0 Å². The summed E-state index contributed by atoms with van der Waals surface area (Å²) >= 11 is 0. The Morgan fingerprint density at radius 3 is 1.23 bits per heavy atom. The van der Waals surface area contributed by atoms with E-state index in [4.69, 9.17) is 0 Å². The number of non-ortho nitro benzene ring substituents is 2. The lowest BCUT2D eigenvalue weighted by molar-refractivity contribution is -0.385. The molecule has 4 rings (SSSR count). The largest absolute Gasteiger partial charge is 0.310 e. The molecule has 0 unspecified atom stereocenters. The van der Waals surface area contributed by atoms with Gasteiger partial charge in [-0.1, -0.05) is 42.5 Å². The summed E-state index contributed by atoms with van der Waals surface area (Å²) in [5.74, 6) is 0. The Morgan fingerprint density at radius 1 is 0.484 bits per heavy atom. The number of hydrogen-bond acceptors (Lipinski definition) is 5. The third-order valence-electron chi connectivity index (χ3n) is 4.87. The van der Waals surface area contributed by atoms with Crippen molar-refractivity contribution in [1.82, 2.24) is 0 Å². The molecule has 0 aromatic heterocycles. The van der Waals surface area contributed by atoms with Gasteiger partial charge in [0.05, 0.1) is 9.85 Å². The molecule has 0 heterocycles. The molecular weight excluding hydrogens is 394 g/mol. The minimum atomic E-state index is -0.450. The Bertz CT molecular complexity index is 1150. The molecule has 0 bridgehead atoms. The molecule has 0 aliphatic carbocycles. The minimum Gasteiger partial charge on any atom is -0.310 e. The van der Waals surface area contributed by atoms with Gasteiger partial charge in [-0.2, -0.15) is 0 Å². The molecule has 4 aromatic carbocycles. The van der Waals surface area contributed by atoms with E-state index in [1.54, 1.807) is 24.3 Å². The van der Waals surface area contributed by atoms with Crippen LogP contribution in [0.3, 0.4) is 0 Å². The molecule has 0 spiro atoms. The molecule has 31 heavy (non-hydrogen) atoms. The third-order valence-corrected chi connectivity index (χ3v) is 4.87. The number of nitro benzene ring substituents is 2. The smallest absolute Gasteiger partial charge is 0.269 e. The number of rotatable bonds is 6. The summed E-state index contributed by atoms with van der Waals surface area (Å²) in [4.78, 5) is 23.0. The standard InChI is InChI=1S/C24H17N3O4/c28-26(29)23-14-10-21(11-15-23)25(22-12-16-24(17-13-22)27(30)31)20-8-6-19(7-9-20)18-4-2-1-3-5-18/h1-17H. The lowest BCUT2D eigenvalue weighted by atomic mass is 10.0. The molecule has 0 atom stereocenters. The van der Waals surface area contributed by atoms with Crippen molar-refractivity contribution in [2.75, 3.05) is 4.90 Å². The first-order valence-electron chi connectivity index (χ1n) is 9.47. The zero-order chi connectivity index (χ0) is 21.8. The Kier molecular flexibility index (Phi) is 5.40. The first kappa shape index (κ1) is 19.8. The molecule has 7 heteroatoms. The van der Waals surface area contributed by atoms with E-state index in [1.807, 2.05) is 59.5 Å². The summed E-state index contributed by atoms with van der Waals surface area (Å²) in [6.45, 7) is 0. The quantitative estimate of drug-likeness (QED) is 0.262. The molecule has 0 N–H and O–H groups in total. The maximum atomic E-state index is 11.0. The molecule has 0 saturated heterocycles. The number of nitrogens with zero attached hydrogens (tertiary/aromatic N) is 3. The second-order valence-electron chi connectivity index (χ2n) is 6.80. The molecule has 152 valence electrons. The average molecular weight is 411 g/mol. The molecule has 7 nitrogen and oxygen atoms in total. The fourth-order valence-corrected chi connectivity index (χ4v) is 3.33. The molecule has 0 radical (unpaired) electrons. The monoisotopic (exact) mass is 411 g/mol. The normalized spacial score (nSPS) is 10.5. The van der Waals surface area contributed by atoms with Gasteiger partial charge in [-0.05, 0) is 47.5 Å². The van der Waals surface area contributed by atoms with Crippen molar-refractivity contribution in [2.45, 2.75) is 0 Å². The van der Waals surface area contributed by atoms with Gasteiger partial charge in [-0.25, -0.2) is 0 Å². The number of nitro groups is 2. The summed E-state index contributed by atoms with van der Waals surface area (Å²) in [6, 6.07) is 30.2. The van der Waals surface area contributed by atoms with Crippen LogP contribution in [0.2, 0.25) is 0 Å². The van der Waals surface area contributed by atoms with Gasteiger partial charge in [0.15, 0.2) is 0 Å². The highest BCUT2D eigenvalue weighted by atomic mass is 16.6. The van der Waals surface area contributed by atoms with Crippen LogP contribution in [-0.4, -0.2) is 9.85 Å². The maximum Gasteiger partial charge on any atom is 0.269 e. The van der Waals surface area contributed by atoms with Gasteiger partial charge < -0.3 is 4.90 Å². The van der Waals surface area contributed by atoms with Gasteiger partial charge in [0.25, 0.3) is 11.4 Å². The molecular formula is C24H17N3O4. The summed E-state index contributed by atoms with van der Waals surface area (Å²) in [5.41, 5.74) is 4.35. The van der Waals surface area contributed by atoms with Crippen LogP contribution in [0.4, 0.5) is 28.4 Å². The van der Waals surface area contributed by atoms with Crippen molar-refractivity contribution in [3.63, 3.8) is 0 Å². The number of benzene rings is 4. The molecule has 0 aliphatic rings. The van der Waals surface area contributed by atoms with E-state index in [1.165, 1.54) is 24.3 Å². The van der Waals surface area contributed by atoms with Crippen LogP contribution in [0.25, 0.3) is 11.1 Å². The van der Waals surface area contributed by atoms with E-state index < -0.39 is 9.85 Å². The fraction of sp³-hybridized carbons (Fsp3) is 0. The zero-order valence-electron chi connectivity index (χ0n) is 16.3. The Balaban J connectivity index is 1.76. The molecule has 0 aliphatic heterocycles. The average Bonchev–Trinajstić information content (AvgIpc) is 2.81. The van der Waals surface area contributed by atoms with E-state index in [9.17, 15) is 20.2 Å². The first-order valence-corrected chi connectivity index (χ1v) is 9.47. The predicted molar refractivity (Wildman–Crippen MR) is 120 cm³/mol. The lowest BCUT2D eigenvalue weighted by Gasteiger charge is -2.25. The van der Waals surface area contributed by atoms with Gasteiger partial charge in [0.1, 0.15) is 0 Å². The van der Waals surface area contributed by atoms with Gasteiger partial charge in [-0.3, -0.25) is 20.2 Å². The van der Waals surface area contributed by atoms with Gasteiger partial charge in [-0.15, -0.1) is 0 Å². The van der Waals surface area contributed by atoms with E-state index in [-0.39, 0.29) is 11.4 Å². The van der Waals surface area contributed by atoms with Crippen LogP contribution in [-0.2, 0) is 0 Å². The number of anilines is 3. The van der Waals surface area contributed by atoms with Crippen LogP contribution in [0.15, 0.2) is 103 Å². The van der Waals surface area contributed by atoms with Crippen molar-refractivity contribution in [1.29, 1.82) is 0 Å². The second-order valence-corrected chi connectivity index (χ2v) is 6.80. The number of hydrogen-bond donors (Lipinski definition) is 0. The van der Waals surface area contributed by atoms with Crippen molar-refractivity contribution in [2.24, 2.45) is 0 Å². The van der Waals surface area contributed by atoms with Crippen molar-refractivity contribution in [3.05, 3.63) is 123 Å². The van der Waals surface area contributed by atoms with Crippen LogP contribution in [0.1, 0.15) is 0 Å². The van der Waals surface area contributed by atoms with Crippen molar-refractivity contribution < 1.29 is 9.85 Å². The summed E-state index contributed by atoms with van der Waals surface area (Å²) < 4.78 is 0. The SMILES string of the molecule is O=[N+]([O-])c1ccc(N(c2ccc(-c3ccccc3)cc2)c2ccc([N+](=O)[O-])cc2)cc1. The van der Waals surface area contributed by atoms with Gasteiger partial charge in [0.2, 0.25) is 0 Å². The van der Waals surface area contributed by atoms with Crippen molar-refractivity contribution >= 4 is 28.4 Å². The van der Waals surface area contributed by atoms with Crippen molar-refractivity contribution in [3.8, 4) is 11.1 Å². The molecule has 0 fully saturated rings. The van der Waals surface area contributed by atoms with Crippen LogP contribution < -0.4 is 4.90 Å². The second kappa shape index (κ2) is 8.46. The highest BCUT2D eigenvalue weighted by Crippen LogP contribution is 2.36. The third kappa shape index (κ3) is 4.25. The molecule has 0 saturated carbocycles. The predicted octanol–water partition coefficient (Wildman–Crippen LogP) is 6.64. The zero-order valence-corrected chi connectivity index (χ0v) is 16.3. The summed E-state index contributed by atoms with van der Waals surface area (Å²) in [6.07, 6.45) is 0. The van der Waals surface area contributed by atoms with Crippen LogP contribution >= 0.6 is 0 Å². The Labute approximate surface area is 178 Å². The van der Waals surface area contributed by atoms with E-state index in [0.29, 0.717) is 11.4 Å².